The van der Waals surface area contributed by atoms with E-state index < -0.39 is 20.0 Å². The van der Waals surface area contributed by atoms with Crippen molar-refractivity contribution in [2.75, 3.05) is 12.3 Å². The molecule has 0 radical (unpaired) electrons. The van der Waals surface area contributed by atoms with Crippen molar-refractivity contribution in [2.45, 2.75) is 16.2 Å². The number of sulfonamides is 2. The number of nitrogens with two attached hydrogens (primary N) is 2. The van der Waals surface area contributed by atoms with Crippen molar-refractivity contribution in [2.24, 2.45) is 5.14 Å². The summed E-state index contributed by atoms with van der Waals surface area (Å²) in [5.74, 6) is 0. The van der Waals surface area contributed by atoms with E-state index in [1.54, 1.807) is 24.3 Å². The van der Waals surface area contributed by atoms with Gasteiger partial charge in [-0.05, 0) is 42.3 Å². The van der Waals surface area contributed by atoms with Gasteiger partial charge in [0.25, 0.3) is 0 Å². The molecule has 0 aromatic heterocycles. The van der Waals surface area contributed by atoms with E-state index in [0.717, 1.165) is 5.56 Å². The van der Waals surface area contributed by atoms with Crippen LogP contribution in [0, 0.1) is 0 Å². The van der Waals surface area contributed by atoms with Gasteiger partial charge in [-0.15, -0.1) is 0 Å². The fraction of sp³-hybridized carbons (Fsp3) is 0.143. The third kappa shape index (κ3) is 4.76. The van der Waals surface area contributed by atoms with Crippen LogP contribution < -0.4 is 15.6 Å². The van der Waals surface area contributed by atoms with Crippen LogP contribution in [0.1, 0.15) is 5.56 Å². The van der Waals surface area contributed by atoms with E-state index in [-0.39, 0.29) is 16.3 Å². The first-order chi connectivity index (χ1) is 10.7. The number of anilines is 1. The highest BCUT2D eigenvalue weighted by atomic mass is 32.2. The fourth-order valence-corrected chi connectivity index (χ4v) is 3.54. The van der Waals surface area contributed by atoms with Gasteiger partial charge in [-0.1, -0.05) is 18.2 Å². The number of hydrogen-bond donors (Lipinski definition) is 3. The third-order valence-corrected chi connectivity index (χ3v) is 5.51. The van der Waals surface area contributed by atoms with Gasteiger partial charge in [-0.25, -0.2) is 26.7 Å². The first-order valence-electron chi connectivity index (χ1n) is 6.65. The highest BCUT2D eigenvalue weighted by Crippen LogP contribution is 2.13. The molecule has 124 valence electrons. The van der Waals surface area contributed by atoms with E-state index in [9.17, 15) is 16.8 Å². The maximum atomic E-state index is 12.1. The Labute approximate surface area is 135 Å². The minimum Gasteiger partial charge on any atom is -0.399 e. The Morgan fingerprint density at radius 3 is 2.13 bits per heavy atom. The molecule has 0 unspecified atom stereocenters. The molecular weight excluding hydrogens is 338 g/mol. The number of nitrogen functional groups attached to an aromatic ring is 1. The number of benzene rings is 2. The van der Waals surface area contributed by atoms with Crippen LogP contribution in [0.25, 0.3) is 0 Å². The minimum atomic E-state index is -3.73. The summed E-state index contributed by atoms with van der Waals surface area (Å²) >= 11 is 0. The Bertz CT molecular complexity index is 892. The Hall–Kier alpha value is -1.94. The van der Waals surface area contributed by atoms with E-state index in [1.165, 1.54) is 24.3 Å². The molecule has 2 rings (SSSR count). The second-order valence-corrected chi connectivity index (χ2v) is 8.24. The average Bonchev–Trinajstić information content (AvgIpc) is 2.47. The summed E-state index contributed by atoms with van der Waals surface area (Å²) in [4.78, 5) is 0.115. The van der Waals surface area contributed by atoms with Crippen molar-refractivity contribution >= 4 is 25.7 Å². The van der Waals surface area contributed by atoms with Crippen LogP contribution in [0.3, 0.4) is 0 Å². The van der Waals surface area contributed by atoms with E-state index in [0.29, 0.717) is 12.1 Å². The summed E-state index contributed by atoms with van der Waals surface area (Å²) in [6.45, 7) is 0.172. The summed E-state index contributed by atoms with van der Waals surface area (Å²) < 4.78 is 49.0. The molecule has 0 aliphatic carbocycles. The largest absolute Gasteiger partial charge is 0.399 e. The molecule has 0 heterocycles. The van der Waals surface area contributed by atoms with Crippen LogP contribution in [0.2, 0.25) is 0 Å². The van der Waals surface area contributed by atoms with E-state index in [1.807, 2.05) is 0 Å². The molecule has 0 spiro atoms. The Morgan fingerprint density at radius 2 is 1.57 bits per heavy atom. The lowest BCUT2D eigenvalue weighted by atomic mass is 10.2. The Balaban J connectivity index is 1.99. The molecule has 5 N–H and O–H groups in total. The molecule has 0 fully saturated rings. The predicted octanol–water partition coefficient (Wildman–Crippen LogP) is 0.437. The molecule has 23 heavy (non-hydrogen) atoms. The zero-order chi connectivity index (χ0) is 17.1. The van der Waals surface area contributed by atoms with Gasteiger partial charge in [0.05, 0.1) is 9.79 Å². The third-order valence-electron chi connectivity index (χ3n) is 3.13. The topological polar surface area (TPSA) is 132 Å². The second kappa shape index (κ2) is 6.67. The number of primary sulfonamides is 1. The van der Waals surface area contributed by atoms with Crippen LogP contribution in [0.5, 0.6) is 0 Å². The molecule has 0 atom stereocenters. The maximum absolute atomic E-state index is 12.1. The molecule has 0 saturated heterocycles. The molecule has 0 bridgehead atoms. The molecule has 9 heteroatoms. The summed E-state index contributed by atoms with van der Waals surface area (Å²) in [7, 11) is -7.36. The molecule has 2 aromatic carbocycles. The van der Waals surface area contributed by atoms with Crippen molar-refractivity contribution in [3.63, 3.8) is 0 Å². The monoisotopic (exact) mass is 355 g/mol. The highest BCUT2D eigenvalue weighted by Gasteiger charge is 2.13. The molecule has 0 saturated carbocycles. The van der Waals surface area contributed by atoms with Gasteiger partial charge in [-0.2, -0.15) is 0 Å². The quantitative estimate of drug-likeness (QED) is 0.647. The summed E-state index contributed by atoms with van der Waals surface area (Å²) in [5, 5.41) is 5.01. The molecule has 0 amide bonds. The second-order valence-electron chi connectivity index (χ2n) is 4.91. The number of rotatable bonds is 6. The lowest BCUT2D eigenvalue weighted by molar-refractivity contribution is 0.581. The molecule has 7 nitrogen and oxygen atoms in total. The van der Waals surface area contributed by atoms with Crippen molar-refractivity contribution in [3.05, 3.63) is 54.1 Å². The number of hydrogen-bond acceptors (Lipinski definition) is 5. The zero-order valence-electron chi connectivity index (χ0n) is 12.1. The first-order valence-corrected chi connectivity index (χ1v) is 9.68. The molecule has 0 aliphatic heterocycles. The van der Waals surface area contributed by atoms with Crippen molar-refractivity contribution < 1.29 is 16.8 Å². The fourth-order valence-electron chi connectivity index (χ4n) is 1.94. The maximum Gasteiger partial charge on any atom is 0.240 e. The molecule has 0 aliphatic rings. The zero-order valence-corrected chi connectivity index (χ0v) is 13.8. The normalized spacial score (nSPS) is 12.2. The SMILES string of the molecule is Nc1cccc(S(=O)(=O)NCCc2ccc(S(N)(=O)=O)cc2)c1. The van der Waals surface area contributed by atoms with Crippen LogP contribution in [-0.4, -0.2) is 23.4 Å². The van der Waals surface area contributed by atoms with Gasteiger partial charge in [0.15, 0.2) is 0 Å². The van der Waals surface area contributed by atoms with Gasteiger partial charge in [0.2, 0.25) is 20.0 Å². The summed E-state index contributed by atoms with van der Waals surface area (Å²) in [5.41, 5.74) is 6.72. The van der Waals surface area contributed by atoms with Crippen LogP contribution in [0.15, 0.2) is 58.3 Å². The summed E-state index contributed by atoms with van der Waals surface area (Å²) in [6.07, 6.45) is 0.409. The van der Waals surface area contributed by atoms with Gasteiger partial charge in [0.1, 0.15) is 0 Å². The van der Waals surface area contributed by atoms with Crippen molar-refractivity contribution in [1.29, 1.82) is 0 Å². The van der Waals surface area contributed by atoms with Crippen molar-refractivity contribution in [1.82, 2.24) is 4.72 Å². The first kappa shape index (κ1) is 17.4. The van der Waals surface area contributed by atoms with Crippen LogP contribution in [0.4, 0.5) is 5.69 Å². The standard InChI is InChI=1S/C14H17N3O4S2/c15-12-2-1-3-14(10-12)23(20,21)17-9-8-11-4-6-13(7-5-11)22(16,18)19/h1-7,10,17H,8-9,15H2,(H2,16,18,19). The van der Waals surface area contributed by atoms with Gasteiger partial charge in [-0.3, -0.25) is 0 Å². The van der Waals surface area contributed by atoms with Gasteiger partial charge >= 0.3 is 0 Å². The predicted molar refractivity (Wildman–Crippen MR) is 87.6 cm³/mol. The van der Waals surface area contributed by atoms with Crippen LogP contribution >= 0.6 is 0 Å². The number of nitrogens with one attached hydrogen (secondary N) is 1. The van der Waals surface area contributed by atoms with E-state index in [4.69, 9.17) is 10.9 Å². The lowest BCUT2D eigenvalue weighted by Crippen LogP contribution is -2.26. The van der Waals surface area contributed by atoms with Gasteiger partial charge in [0, 0.05) is 12.2 Å². The highest BCUT2D eigenvalue weighted by molar-refractivity contribution is 7.89. The smallest absolute Gasteiger partial charge is 0.240 e. The van der Waals surface area contributed by atoms with E-state index >= 15 is 0 Å². The summed E-state index contributed by atoms with van der Waals surface area (Å²) in [6, 6.07) is 12.0. The van der Waals surface area contributed by atoms with E-state index in [2.05, 4.69) is 4.72 Å². The van der Waals surface area contributed by atoms with Crippen LogP contribution in [-0.2, 0) is 26.5 Å². The minimum absolute atomic E-state index is 0.0154. The molecular formula is C14H17N3O4S2. The average molecular weight is 355 g/mol. The lowest BCUT2D eigenvalue weighted by Gasteiger charge is -2.08. The Kier molecular flexibility index (Phi) is 5.05. The van der Waals surface area contributed by atoms with Crippen molar-refractivity contribution in [3.8, 4) is 0 Å². The van der Waals surface area contributed by atoms with Gasteiger partial charge < -0.3 is 5.73 Å². The molecule has 2 aromatic rings. The Morgan fingerprint density at radius 1 is 0.913 bits per heavy atom.